The van der Waals surface area contributed by atoms with Crippen molar-refractivity contribution in [3.63, 3.8) is 0 Å². The smallest absolute Gasteiger partial charge is 0.198 e. The molecule has 0 atom stereocenters. The van der Waals surface area contributed by atoms with E-state index in [0.717, 1.165) is 18.4 Å². The molecule has 0 aliphatic heterocycles. The van der Waals surface area contributed by atoms with Crippen LogP contribution in [-0.4, -0.2) is 20.6 Å². The fourth-order valence-corrected chi connectivity index (χ4v) is 2.03. The Kier molecular flexibility index (Phi) is 3.90. The summed E-state index contributed by atoms with van der Waals surface area (Å²) in [5.74, 6) is 0.211. The maximum atomic E-state index is 10.9. The molecule has 4 heteroatoms. The second kappa shape index (κ2) is 5.61. The van der Waals surface area contributed by atoms with Crippen LogP contribution in [0.15, 0.2) is 36.4 Å². The summed E-state index contributed by atoms with van der Waals surface area (Å²) in [6.07, 6.45) is 2.29. The lowest BCUT2D eigenvalue weighted by atomic mass is 10.1. The van der Waals surface area contributed by atoms with E-state index in [9.17, 15) is 15.0 Å². The minimum Gasteiger partial charge on any atom is -0.494 e. The number of hydrogen-bond acceptors (Lipinski definition) is 3. The standard InChI is InChI=1S/C15H17NO3/c1-11(17)3-2-4-12-5-7-13(8-6-12)16-14(18)9-10-15(16)19/h5-10,18-19H,2-4H2,1H3. The molecule has 0 radical (unpaired) electrons. The number of rotatable bonds is 5. The lowest BCUT2D eigenvalue weighted by Crippen LogP contribution is -1.95. The van der Waals surface area contributed by atoms with E-state index in [-0.39, 0.29) is 17.5 Å². The Labute approximate surface area is 111 Å². The van der Waals surface area contributed by atoms with Gasteiger partial charge in [-0.3, -0.25) is 4.57 Å². The van der Waals surface area contributed by atoms with E-state index in [1.54, 1.807) is 6.92 Å². The molecule has 1 aromatic carbocycles. The lowest BCUT2D eigenvalue weighted by molar-refractivity contribution is -0.117. The SMILES string of the molecule is CC(=O)CCCc1ccc(-n2c(O)ccc2O)cc1. The summed E-state index contributed by atoms with van der Waals surface area (Å²) in [5, 5.41) is 19.2. The van der Waals surface area contributed by atoms with Crippen LogP contribution in [0.1, 0.15) is 25.3 Å². The summed E-state index contributed by atoms with van der Waals surface area (Å²) >= 11 is 0. The van der Waals surface area contributed by atoms with Crippen molar-refractivity contribution in [1.29, 1.82) is 0 Å². The molecular formula is C15H17NO3. The molecule has 2 rings (SSSR count). The van der Waals surface area contributed by atoms with E-state index in [2.05, 4.69) is 0 Å². The predicted octanol–water partition coefficient (Wildman–Crippen LogP) is 2.80. The first-order valence-electron chi connectivity index (χ1n) is 6.26. The molecule has 0 spiro atoms. The average molecular weight is 259 g/mol. The van der Waals surface area contributed by atoms with Gasteiger partial charge in [-0.25, -0.2) is 0 Å². The summed E-state index contributed by atoms with van der Waals surface area (Å²) in [6.45, 7) is 1.60. The second-order valence-electron chi connectivity index (χ2n) is 4.61. The summed E-state index contributed by atoms with van der Waals surface area (Å²) in [4.78, 5) is 10.9. The third kappa shape index (κ3) is 3.16. The van der Waals surface area contributed by atoms with Gasteiger partial charge in [0, 0.05) is 18.6 Å². The number of carbonyl (C=O) groups is 1. The Morgan fingerprint density at radius 2 is 1.63 bits per heavy atom. The van der Waals surface area contributed by atoms with Gasteiger partial charge < -0.3 is 15.0 Å². The summed E-state index contributed by atoms with van der Waals surface area (Å²) in [6, 6.07) is 10.4. The van der Waals surface area contributed by atoms with Crippen LogP contribution < -0.4 is 0 Å². The Morgan fingerprint density at radius 3 is 2.16 bits per heavy atom. The van der Waals surface area contributed by atoms with Crippen LogP contribution in [0.3, 0.4) is 0 Å². The first-order valence-corrected chi connectivity index (χ1v) is 6.26. The largest absolute Gasteiger partial charge is 0.494 e. The van der Waals surface area contributed by atoms with Crippen LogP contribution in [0.5, 0.6) is 11.8 Å². The molecule has 0 saturated carbocycles. The fraction of sp³-hybridized carbons (Fsp3) is 0.267. The van der Waals surface area contributed by atoms with Crippen molar-refractivity contribution in [2.45, 2.75) is 26.2 Å². The maximum absolute atomic E-state index is 10.9. The lowest BCUT2D eigenvalue weighted by Gasteiger charge is -2.08. The minimum atomic E-state index is 0.00169. The molecule has 0 aliphatic carbocycles. The molecule has 2 aromatic rings. The van der Waals surface area contributed by atoms with Crippen molar-refractivity contribution in [1.82, 2.24) is 4.57 Å². The number of aromatic nitrogens is 1. The summed E-state index contributed by atoms with van der Waals surface area (Å²) in [5.41, 5.74) is 1.84. The van der Waals surface area contributed by atoms with E-state index < -0.39 is 0 Å². The fourth-order valence-electron chi connectivity index (χ4n) is 2.03. The van der Waals surface area contributed by atoms with Crippen LogP contribution in [0.2, 0.25) is 0 Å². The molecule has 0 bridgehead atoms. The highest BCUT2D eigenvalue weighted by Crippen LogP contribution is 2.26. The van der Waals surface area contributed by atoms with E-state index in [1.807, 2.05) is 24.3 Å². The molecule has 4 nitrogen and oxygen atoms in total. The highest BCUT2D eigenvalue weighted by molar-refractivity contribution is 5.75. The van der Waals surface area contributed by atoms with Gasteiger partial charge >= 0.3 is 0 Å². The van der Waals surface area contributed by atoms with Gasteiger partial charge in [0.15, 0.2) is 11.8 Å². The van der Waals surface area contributed by atoms with Gasteiger partial charge in [-0.15, -0.1) is 0 Å². The van der Waals surface area contributed by atoms with Crippen molar-refractivity contribution in [2.24, 2.45) is 0 Å². The van der Waals surface area contributed by atoms with Gasteiger partial charge in [0.25, 0.3) is 0 Å². The first-order chi connectivity index (χ1) is 9.08. The highest BCUT2D eigenvalue weighted by Gasteiger charge is 2.07. The first kappa shape index (κ1) is 13.2. The molecule has 2 N–H and O–H groups in total. The number of Topliss-reactive ketones (excluding diaryl/α,β-unsaturated/α-hetero) is 1. The molecule has 0 unspecified atom stereocenters. The number of aryl methyl sites for hydroxylation is 1. The van der Waals surface area contributed by atoms with E-state index in [1.165, 1.54) is 16.7 Å². The van der Waals surface area contributed by atoms with Crippen molar-refractivity contribution >= 4 is 5.78 Å². The monoisotopic (exact) mass is 259 g/mol. The van der Waals surface area contributed by atoms with Gasteiger partial charge in [-0.1, -0.05) is 12.1 Å². The average Bonchev–Trinajstić information content (AvgIpc) is 2.70. The number of nitrogens with zero attached hydrogens (tertiary/aromatic N) is 1. The van der Waals surface area contributed by atoms with E-state index in [0.29, 0.717) is 12.1 Å². The van der Waals surface area contributed by atoms with Crippen LogP contribution >= 0.6 is 0 Å². The number of carbonyl (C=O) groups excluding carboxylic acids is 1. The Balaban J connectivity index is 2.08. The molecule has 19 heavy (non-hydrogen) atoms. The molecule has 0 amide bonds. The topological polar surface area (TPSA) is 62.5 Å². The number of benzene rings is 1. The van der Waals surface area contributed by atoms with Crippen molar-refractivity contribution in [3.05, 3.63) is 42.0 Å². The van der Waals surface area contributed by atoms with Gasteiger partial charge in [0.1, 0.15) is 5.78 Å². The Morgan fingerprint density at radius 1 is 1.05 bits per heavy atom. The van der Waals surface area contributed by atoms with Gasteiger partial charge in [0.05, 0.1) is 5.69 Å². The number of hydrogen-bond donors (Lipinski definition) is 2. The van der Waals surface area contributed by atoms with Gasteiger partial charge in [-0.05, 0) is 37.5 Å². The molecule has 0 saturated heterocycles. The zero-order valence-electron chi connectivity index (χ0n) is 10.8. The predicted molar refractivity (Wildman–Crippen MR) is 72.7 cm³/mol. The molecule has 0 aliphatic rings. The van der Waals surface area contributed by atoms with Crippen LogP contribution in [0.25, 0.3) is 5.69 Å². The molecule has 0 fully saturated rings. The third-order valence-electron chi connectivity index (χ3n) is 3.03. The van der Waals surface area contributed by atoms with E-state index >= 15 is 0 Å². The molecule has 100 valence electrons. The maximum Gasteiger partial charge on any atom is 0.198 e. The second-order valence-corrected chi connectivity index (χ2v) is 4.61. The van der Waals surface area contributed by atoms with Crippen LogP contribution in [0, 0.1) is 0 Å². The number of aromatic hydroxyl groups is 2. The van der Waals surface area contributed by atoms with Crippen LogP contribution in [0.4, 0.5) is 0 Å². The summed E-state index contributed by atoms with van der Waals surface area (Å²) in [7, 11) is 0. The quantitative estimate of drug-likeness (QED) is 0.867. The minimum absolute atomic E-state index is 0.00169. The van der Waals surface area contributed by atoms with Gasteiger partial charge in [0.2, 0.25) is 0 Å². The summed E-state index contributed by atoms with van der Waals surface area (Å²) < 4.78 is 1.36. The molecular weight excluding hydrogens is 242 g/mol. The van der Waals surface area contributed by atoms with E-state index in [4.69, 9.17) is 0 Å². The molecule has 1 heterocycles. The zero-order valence-corrected chi connectivity index (χ0v) is 10.8. The molecule has 1 aromatic heterocycles. The van der Waals surface area contributed by atoms with Crippen LogP contribution in [-0.2, 0) is 11.2 Å². The zero-order chi connectivity index (χ0) is 13.8. The highest BCUT2D eigenvalue weighted by atomic mass is 16.3. The third-order valence-corrected chi connectivity index (χ3v) is 3.03. The Hall–Kier alpha value is -2.23. The van der Waals surface area contributed by atoms with Crippen molar-refractivity contribution in [3.8, 4) is 17.4 Å². The van der Waals surface area contributed by atoms with Gasteiger partial charge in [-0.2, -0.15) is 0 Å². The van der Waals surface area contributed by atoms with Crippen molar-refractivity contribution < 1.29 is 15.0 Å². The number of ketones is 1. The normalized spacial score (nSPS) is 10.6. The van der Waals surface area contributed by atoms with Crippen molar-refractivity contribution in [2.75, 3.05) is 0 Å². The Bertz CT molecular complexity index is 550.